The Hall–Kier alpha value is -3.68. The van der Waals surface area contributed by atoms with Gasteiger partial charge in [0, 0.05) is 43.6 Å². The van der Waals surface area contributed by atoms with Gasteiger partial charge in [-0.2, -0.15) is 0 Å². The summed E-state index contributed by atoms with van der Waals surface area (Å²) in [6.07, 6.45) is 12.7. The first-order chi connectivity index (χ1) is 19.3. The zero-order valence-corrected chi connectivity index (χ0v) is 25.4. The molecule has 7 nitrogen and oxygen atoms in total. The monoisotopic (exact) mass is 547 g/mol. The van der Waals surface area contributed by atoms with Gasteiger partial charge in [-0.3, -0.25) is 4.79 Å². The van der Waals surface area contributed by atoms with E-state index in [1.807, 2.05) is 58.4 Å². The molecule has 0 aliphatic carbocycles. The molecule has 1 N–H and O–H groups in total. The summed E-state index contributed by atoms with van der Waals surface area (Å²) >= 11 is 0. The van der Waals surface area contributed by atoms with E-state index >= 15 is 0 Å². The molecule has 2 rings (SSSR count). The quantitative estimate of drug-likeness (QED) is 0.106. The van der Waals surface area contributed by atoms with Crippen molar-refractivity contribution in [3.05, 3.63) is 97.4 Å². The first-order valence-corrected chi connectivity index (χ1v) is 13.8. The lowest BCUT2D eigenvalue weighted by Crippen LogP contribution is -2.44. The molecule has 1 aromatic rings. The van der Waals surface area contributed by atoms with Gasteiger partial charge in [-0.1, -0.05) is 64.3 Å². The second-order valence-electron chi connectivity index (χ2n) is 9.60. The number of ether oxygens (including phenoxy) is 1. The Kier molecular flexibility index (Phi) is 16.6. The zero-order valence-electron chi connectivity index (χ0n) is 25.4. The first-order valence-electron chi connectivity index (χ1n) is 13.8. The highest BCUT2D eigenvalue weighted by Crippen LogP contribution is 2.21. The summed E-state index contributed by atoms with van der Waals surface area (Å²) in [5.74, 6) is 1.16. The number of rotatable bonds is 13. The Labute approximate surface area is 242 Å². The third kappa shape index (κ3) is 11.6. The van der Waals surface area contributed by atoms with Crippen LogP contribution in [0.2, 0.25) is 0 Å². The molecule has 1 unspecified atom stereocenters. The molecule has 1 saturated heterocycles. The lowest BCUT2D eigenvalue weighted by atomic mass is 10.0. The van der Waals surface area contributed by atoms with Gasteiger partial charge < -0.3 is 24.8 Å². The Morgan fingerprint density at radius 1 is 1.15 bits per heavy atom. The number of carbonyl (C=O) groups is 1. The number of hydrogen-bond donors (Lipinski definition) is 1. The summed E-state index contributed by atoms with van der Waals surface area (Å²) in [5, 5.41) is 3.31. The second-order valence-corrected chi connectivity index (χ2v) is 9.60. The third-order valence-electron chi connectivity index (χ3n) is 5.97. The van der Waals surface area contributed by atoms with E-state index in [9.17, 15) is 4.79 Å². The molecule has 1 aliphatic rings. The van der Waals surface area contributed by atoms with Crippen LogP contribution in [-0.4, -0.2) is 82.0 Å². The predicted molar refractivity (Wildman–Crippen MR) is 173 cm³/mol. The number of morpholine rings is 1. The summed E-state index contributed by atoms with van der Waals surface area (Å²) < 4.78 is 5.45. The van der Waals surface area contributed by atoms with Crippen molar-refractivity contribution < 1.29 is 9.53 Å². The minimum atomic E-state index is -0.0653. The average Bonchev–Trinajstić information content (AvgIpc) is 2.95. The number of hydrogen-bond acceptors (Lipinski definition) is 6. The number of amidine groups is 1. The smallest absolute Gasteiger partial charge is 0.142 e. The van der Waals surface area contributed by atoms with Crippen molar-refractivity contribution in [3.63, 3.8) is 0 Å². The van der Waals surface area contributed by atoms with Gasteiger partial charge in [0.05, 0.1) is 19.3 Å². The van der Waals surface area contributed by atoms with E-state index in [0.29, 0.717) is 11.7 Å². The number of anilines is 2. The van der Waals surface area contributed by atoms with Crippen molar-refractivity contribution in [2.24, 2.45) is 4.99 Å². The number of allylic oxidation sites excluding steroid dienone is 4. The number of aliphatic imine (C=N–C) groups is 1. The van der Waals surface area contributed by atoms with Gasteiger partial charge in [-0.25, -0.2) is 4.99 Å². The summed E-state index contributed by atoms with van der Waals surface area (Å²) in [6, 6.07) is 8.16. The molecule has 0 aromatic heterocycles. The molecule has 1 aromatic carbocycles. The Morgan fingerprint density at radius 3 is 2.27 bits per heavy atom. The Balaban J connectivity index is 0.00000254. The lowest BCUT2D eigenvalue weighted by molar-refractivity contribution is -0.104. The average molecular weight is 548 g/mol. The first kappa shape index (κ1) is 34.3. The maximum absolute atomic E-state index is 11.1. The highest BCUT2D eigenvalue weighted by Gasteiger charge is 2.23. The molecule has 1 aliphatic heterocycles. The van der Waals surface area contributed by atoms with Crippen LogP contribution in [0, 0.1) is 0 Å². The van der Waals surface area contributed by atoms with Crippen LogP contribution in [0.3, 0.4) is 0 Å². The largest absolute Gasteiger partial charge is 0.378 e. The van der Waals surface area contributed by atoms with Gasteiger partial charge in [0.25, 0.3) is 0 Å². The van der Waals surface area contributed by atoms with E-state index in [1.165, 1.54) is 12.5 Å². The van der Waals surface area contributed by atoms with E-state index in [0.717, 1.165) is 61.7 Å². The van der Waals surface area contributed by atoms with Crippen LogP contribution in [0.25, 0.3) is 0 Å². The number of nitrogens with zero attached hydrogens (tertiary/aromatic N) is 4. The van der Waals surface area contributed by atoms with Crippen LogP contribution in [0.5, 0.6) is 0 Å². The predicted octanol–water partition coefficient (Wildman–Crippen LogP) is 6.08. The molecule has 0 radical (unpaired) electrons. The van der Waals surface area contributed by atoms with E-state index in [-0.39, 0.29) is 6.04 Å². The fraction of sp³-hybridized carbons (Fsp3) is 0.394. The molecular weight excluding hydrogens is 498 g/mol. The van der Waals surface area contributed by atoms with Crippen LogP contribution in [0.15, 0.2) is 102 Å². The summed E-state index contributed by atoms with van der Waals surface area (Å²) in [5.41, 5.74) is 3.86. The van der Waals surface area contributed by atoms with Crippen LogP contribution in [-0.2, 0) is 9.53 Å². The van der Waals surface area contributed by atoms with Gasteiger partial charge in [0.2, 0.25) is 0 Å². The molecule has 7 heteroatoms. The van der Waals surface area contributed by atoms with E-state index in [1.54, 1.807) is 12.2 Å². The van der Waals surface area contributed by atoms with Crippen LogP contribution >= 0.6 is 0 Å². The van der Waals surface area contributed by atoms with Crippen LogP contribution < -0.4 is 10.2 Å². The molecule has 0 amide bonds. The van der Waals surface area contributed by atoms with E-state index in [4.69, 9.17) is 9.73 Å². The molecule has 0 saturated carbocycles. The number of carbonyl (C=O) groups excluding carboxylic acids is 1. The lowest BCUT2D eigenvalue weighted by Gasteiger charge is -2.34. The van der Waals surface area contributed by atoms with Crippen LogP contribution in [0.4, 0.5) is 11.4 Å². The maximum Gasteiger partial charge on any atom is 0.142 e. The van der Waals surface area contributed by atoms with Crippen molar-refractivity contribution >= 4 is 23.5 Å². The highest BCUT2D eigenvalue weighted by molar-refractivity contribution is 6.02. The van der Waals surface area contributed by atoms with Crippen molar-refractivity contribution in [3.8, 4) is 0 Å². The van der Waals surface area contributed by atoms with Crippen molar-refractivity contribution in [1.29, 1.82) is 0 Å². The number of likely N-dealkylation sites (N-methyl/N-ethyl adjacent to an activating group) is 2. The van der Waals surface area contributed by atoms with Crippen molar-refractivity contribution in [2.45, 2.75) is 33.2 Å². The van der Waals surface area contributed by atoms with Gasteiger partial charge in [0.1, 0.15) is 17.9 Å². The topological polar surface area (TPSA) is 60.4 Å². The minimum Gasteiger partial charge on any atom is -0.378 e. The third-order valence-corrected chi connectivity index (χ3v) is 5.97. The highest BCUT2D eigenvalue weighted by atomic mass is 16.5. The molecular formula is C33H49N5O2. The summed E-state index contributed by atoms with van der Waals surface area (Å²) in [7, 11) is 6.03. The van der Waals surface area contributed by atoms with Gasteiger partial charge in [-0.05, 0) is 63.0 Å². The van der Waals surface area contributed by atoms with Gasteiger partial charge >= 0.3 is 0 Å². The summed E-state index contributed by atoms with van der Waals surface area (Å²) in [4.78, 5) is 22.5. The van der Waals surface area contributed by atoms with E-state index < -0.39 is 0 Å². The molecule has 40 heavy (non-hydrogen) atoms. The number of benzene rings is 1. The summed E-state index contributed by atoms with van der Waals surface area (Å²) in [6.45, 7) is 22.2. The molecule has 1 atom stereocenters. The molecule has 0 bridgehead atoms. The minimum absolute atomic E-state index is 0.0653. The van der Waals surface area contributed by atoms with E-state index in [2.05, 4.69) is 65.7 Å². The fourth-order valence-corrected chi connectivity index (χ4v) is 4.09. The number of nitrogens with one attached hydrogen (secondary N) is 1. The normalized spacial score (nSPS) is 15.3. The Morgan fingerprint density at radius 2 is 1.77 bits per heavy atom. The van der Waals surface area contributed by atoms with Crippen LogP contribution in [0.1, 0.15) is 27.2 Å². The standard InChI is InChI=1S/C30H41N5O2.C3H8/c1-8-12-25(9-2)29(23-33(5)6)34(7)30(26(10-3)13-11-20-36)32-24(4)31-27-14-16-28(17-15-27)35-18-21-37-22-19-35;1-3-2/h8-17,20,29,31H,1-2,4,18-19,21-23H2,3,5-7H3;3H2,1-2H3/b13-11-,25-12+,26-10-,32-30+;. The van der Waals surface area contributed by atoms with Crippen molar-refractivity contribution in [2.75, 3.05) is 64.2 Å². The van der Waals surface area contributed by atoms with Crippen molar-refractivity contribution in [1.82, 2.24) is 9.80 Å². The molecule has 1 fully saturated rings. The SMILES string of the molecule is C=C/C=C(\C=C)C(CN(C)C)N(C)C(=N/C(=C)Nc1ccc(N2CCOCC2)cc1)/C(/C=C\C=O)=C\C.CCC. The van der Waals surface area contributed by atoms with Gasteiger partial charge in [-0.15, -0.1) is 0 Å². The van der Waals surface area contributed by atoms with Gasteiger partial charge in [0.15, 0.2) is 0 Å². The molecule has 1 heterocycles. The zero-order chi connectivity index (χ0) is 29.9. The Bertz CT molecular complexity index is 1060. The maximum atomic E-state index is 11.1. The fourth-order valence-electron chi connectivity index (χ4n) is 4.09. The molecule has 0 spiro atoms. The molecule has 218 valence electrons. The number of aldehydes is 1. The second kappa shape index (κ2) is 19.4.